The molecule has 4 bridgehead atoms. The van der Waals surface area contributed by atoms with Crippen molar-refractivity contribution >= 4 is 0 Å². The summed E-state index contributed by atoms with van der Waals surface area (Å²) in [5.74, 6) is 3.27. The summed E-state index contributed by atoms with van der Waals surface area (Å²) < 4.78 is 0. The maximum Gasteiger partial charge on any atom is -0.0137 e. The second kappa shape index (κ2) is 2.98. The first-order valence-corrected chi connectivity index (χ1v) is 6.16. The Morgan fingerprint density at radius 1 is 0.643 bits per heavy atom. The Bertz CT molecular complexity index is 232. The smallest absolute Gasteiger partial charge is 0.0137 e. The lowest BCUT2D eigenvalue weighted by atomic mass is 9.53. The summed E-state index contributed by atoms with van der Waals surface area (Å²) in [6, 6.07) is 0. The normalized spacial score (nSPS) is 46.6. The number of rotatable bonds is 0. The van der Waals surface area contributed by atoms with E-state index >= 15 is 0 Å². The molecule has 4 atom stereocenters. The number of hydrogen-bond acceptors (Lipinski definition) is 0. The molecule has 0 amide bonds. The summed E-state index contributed by atoms with van der Waals surface area (Å²) >= 11 is 0. The molecular weight excluding hydrogens is 168 g/mol. The van der Waals surface area contributed by atoms with Crippen LogP contribution in [0.15, 0.2) is 24.3 Å². The van der Waals surface area contributed by atoms with Crippen molar-refractivity contribution in [1.82, 2.24) is 0 Å². The van der Waals surface area contributed by atoms with Gasteiger partial charge in [0.15, 0.2) is 0 Å². The first-order valence-electron chi connectivity index (χ1n) is 6.16. The van der Waals surface area contributed by atoms with Gasteiger partial charge in [-0.05, 0) is 49.4 Å². The van der Waals surface area contributed by atoms with Crippen molar-refractivity contribution in [2.75, 3.05) is 0 Å². The summed E-state index contributed by atoms with van der Waals surface area (Å²) in [5, 5.41) is 0. The molecule has 0 aliphatic heterocycles. The zero-order chi connectivity index (χ0) is 9.71. The van der Waals surface area contributed by atoms with E-state index in [4.69, 9.17) is 0 Å². The second-order valence-corrected chi connectivity index (χ2v) is 5.44. The third kappa shape index (κ3) is 1.00. The molecule has 0 heterocycles. The highest BCUT2D eigenvalue weighted by Crippen LogP contribution is 2.56. The van der Waals surface area contributed by atoms with E-state index < -0.39 is 0 Å². The van der Waals surface area contributed by atoms with Gasteiger partial charge >= 0.3 is 0 Å². The first-order chi connectivity index (χ1) is 6.79. The summed E-state index contributed by atoms with van der Waals surface area (Å²) in [7, 11) is 0. The topological polar surface area (TPSA) is 0 Å². The minimum atomic E-state index is 0.817. The molecule has 0 nitrogen and oxygen atoms in total. The molecule has 76 valence electrons. The van der Waals surface area contributed by atoms with Crippen LogP contribution in [0.2, 0.25) is 0 Å². The van der Waals surface area contributed by atoms with Crippen molar-refractivity contribution in [1.29, 1.82) is 0 Å². The summed E-state index contributed by atoms with van der Waals surface area (Å²) in [4.78, 5) is 0. The summed E-state index contributed by atoms with van der Waals surface area (Å²) in [6.45, 7) is 8.75. The van der Waals surface area contributed by atoms with E-state index in [1.165, 1.54) is 38.5 Å². The van der Waals surface area contributed by atoms with Crippen LogP contribution in [0, 0.1) is 23.7 Å². The van der Waals surface area contributed by atoms with Crippen molar-refractivity contribution in [3.8, 4) is 0 Å². The largest absolute Gasteiger partial charge is 0.0993 e. The van der Waals surface area contributed by atoms with Crippen LogP contribution in [-0.4, -0.2) is 0 Å². The number of allylic oxidation sites excluding steroid dienone is 2. The standard InChI is InChI=1S/C14H20/c1-9-11-5-3-6-12(9)14-8-4-7-13(11)10(14)2/h11-14H,1-8H2. The van der Waals surface area contributed by atoms with E-state index in [0.717, 1.165) is 23.7 Å². The molecule has 3 aliphatic rings. The molecule has 3 aliphatic carbocycles. The van der Waals surface area contributed by atoms with E-state index in [1.807, 2.05) is 0 Å². The van der Waals surface area contributed by atoms with Crippen molar-refractivity contribution in [2.24, 2.45) is 23.7 Å². The summed E-state index contributed by atoms with van der Waals surface area (Å²) in [5.41, 5.74) is 3.19. The molecule has 0 aromatic carbocycles. The Morgan fingerprint density at radius 2 is 0.929 bits per heavy atom. The van der Waals surface area contributed by atoms with Crippen molar-refractivity contribution in [3.05, 3.63) is 24.3 Å². The third-order valence-electron chi connectivity index (χ3n) is 4.94. The quantitative estimate of drug-likeness (QED) is 0.505. The van der Waals surface area contributed by atoms with E-state index in [9.17, 15) is 0 Å². The molecule has 0 aromatic heterocycles. The molecule has 4 unspecified atom stereocenters. The second-order valence-electron chi connectivity index (χ2n) is 5.44. The van der Waals surface area contributed by atoms with Gasteiger partial charge in [0, 0.05) is 0 Å². The monoisotopic (exact) mass is 188 g/mol. The van der Waals surface area contributed by atoms with Crippen LogP contribution >= 0.6 is 0 Å². The first kappa shape index (κ1) is 8.76. The van der Waals surface area contributed by atoms with Crippen LogP contribution < -0.4 is 0 Å². The van der Waals surface area contributed by atoms with Crippen LogP contribution in [-0.2, 0) is 0 Å². The fraction of sp³-hybridized carbons (Fsp3) is 0.714. The summed E-state index contributed by atoms with van der Waals surface area (Å²) in [6.07, 6.45) is 8.46. The van der Waals surface area contributed by atoms with Gasteiger partial charge in [0.25, 0.3) is 0 Å². The molecule has 0 N–H and O–H groups in total. The molecule has 0 saturated heterocycles. The minimum Gasteiger partial charge on any atom is -0.0993 e. The van der Waals surface area contributed by atoms with Gasteiger partial charge in [-0.3, -0.25) is 0 Å². The molecule has 0 aromatic rings. The Balaban J connectivity index is 2.01. The zero-order valence-electron chi connectivity index (χ0n) is 8.97. The average Bonchev–Trinajstić information content (AvgIpc) is 2.19. The fourth-order valence-electron chi connectivity index (χ4n) is 4.25. The predicted octanol–water partition coefficient (Wildman–Crippen LogP) is 3.95. The van der Waals surface area contributed by atoms with Crippen LogP contribution in [0.1, 0.15) is 38.5 Å². The van der Waals surface area contributed by atoms with Crippen LogP contribution in [0.3, 0.4) is 0 Å². The fourth-order valence-corrected chi connectivity index (χ4v) is 4.25. The Hall–Kier alpha value is -0.520. The van der Waals surface area contributed by atoms with Gasteiger partial charge in [0.05, 0.1) is 0 Å². The van der Waals surface area contributed by atoms with Gasteiger partial charge in [-0.2, -0.15) is 0 Å². The Morgan fingerprint density at radius 3 is 1.21 bits per heavy atom. The van der Waals surface area contributed by atoms with Gasteiger partial charge in [-0.1, -0.05) is 37.1 Å². The lowest BCUT2D eigenvalue weighted by molar-refractivity contribution is 0.149. The van der Waals surface area contributed by atoms with Crippen molar-refractivity contribution < 1.29 is 0 Å². The molecule has 0 spiro atoms. The van der Waals surface area contributed by atoms with Crippen molar-refractivity contribution in [2.45, 2.75) is 38.5 Å². The van der Waals surface area contributed by atoms with Gasteiger partial charge in [-0.15, -0.1) is 0 Å². The van der Waals surface area contributed by atoms with E-state index in [1.54, 1.807) is 11.1 Å². The Labute approximate surface area is 87.1 Å². The predicted molar refractivity (Wildman–Crippen MR) is 59.9 cm³/mol. The Kier molecular flexibility index (Phi) is 1.87. The molecule has 0 radical (unpaired) electrons. The average molecular weight is 188 g/mol. The molecule has 0 heteroatoms. The van der Waals surface area contributed by atoms with Gasteiger partial charge in [0.1, 0.15) is 0 Å². The maximum atomic E-state index is 4.37. The molecule has 14 heavy (non-hydrogen) atoms. The van der Waals surface area contributed by atoms with Crippen LogP contribution in [0.4, 0.5) is 0 Å². The van der Waals surface area contributed by atoms with Crippen LogP contribution in [0.5, 0.6) is 0 Å². The molecule has 3 saturated carbocycles. The number of hydrogen-bond donors (Lipinski definition) is 0. The van der Waals surface area contributed by atoms with E-state index in [-0.39, 0.29) is 0 Å². The minimum absolute atomic E-state index is 0.817. The number of fused-ring (bicyclic) bond motifs is 6. The SMILES string of the molecule is C=C1C2CCCC1C1CCCC2C1=C. The maximum absolute atomic E-state index is 4.37. The van der Waals surface area contributed by atoms with Crippen LogP contribution in [0.25, 0.3) is 0 Å². The lowest BCUT2D eigenvalue weighted by Gasteiger charge is -2.51. The van der Waals surface area contributed by atoms with Gasteiger partial charge < -0.3 is 0 Å². The molecular formula is C14H20. The lowest BCUT2D eigenvalue weighted by Crippen LogP contribution is -2.41. The van der Waals surface area contributed by atoms with E-state index in [0.29, 0.717) is 0 Å². The third-order valence-corrected chi connectivity index (χ3v) is 4.94. The molecule has 3 fully saturated rings. The van der Waals surface area contributed by atoms with E-state index in [2.05, 4.69) is 13.2 Å². The highest BCUT2D eigenvalue weighted by molar-refractivity contribution is 5.28. The molecule has 3 rings (SSSR count). The zero-order valence-corrected chi connectivity index (χ0v) is 8.97. The highest BCUT2D eigenvalue weighted by atomic mass is 14.5. The van der Waals surface area contributed by atoms with Crippen molar-refractivity contribution in [3.63, 3.8) is 0 Å². The van der Waals surface area contributed by atoms with Gasteiger partial charge in [-0.25, -0.2) is 0 Å². The van der Waals surface area contributed by atoms with Gasteiger partial charge in [0.2, 0.25) is 0 Å². The highest BCUT2D eigenvalue weighted by Gasteiger charge is 2.45.